The van der Waals surface area contributed by atoms with Gasteiger partial charge in [-0.2, -0.15) is 0 Å². The van der Waals surface area contributed by atoms with Gasteiger partial charge in [0.2, 0.25) is 5.91 Å². The molecule has 5 aromatic rings. The van der Waals surface area contributed by atoms with Gasteiger partial charge in [-0.25, -0.2) is 4.79 Å². The molecule has 0 aliphatic heterocycles. The average molecular weight is 619 g/mol. The third-order valence-corrected chi connectivity index (χ3v) is 8.22. The normalized spacial score (nSPS) is 11.9. The van der Waals surface area contributed by atoms with Crippen LogP contribution in [0.1, 0.15) is 39.6 Å². The summed E-state index contributed by atoms with van der Waals surface area (Å²) in [6.07, 6.45) is 3.91. The Morgan fingerprint density at radius 3 is 2.27 bits per heavy atom. The molecule has 3 amide bonds. The van der Waals surface area contributed by atoms with Crippen molar-refractivity contribution in [3.8, 4) is 0 Å². The van der Waals surface area contributed by atoms with Crippen molar-refractivity contribution in [3.05, 3.63) is 132 Å². The Morgan fingerprint density at radius 2 is 1.51 bits per heavy atom. The molecule has 45 heavy (non-hydrogen) atoms. The summed E-state index contributed by atoms with van der Waals surface area (Å²) in [4.78, 5) is 54.9. The number of carbonyl (C=O) groups is 4. The van der Waals surface area contributed by atoms with Crippen LogP contribution >= 0.6 is 11.8 Å². The number of aromatic carboxylic acids is 1. The number of carbonyl (C=O) groups excluding carboxylic acids is 3. The second-order valence-electron chi connectivity index (χ2n) is 10.0. The van der Waals surface area contributed by atoms with Gasteiger partial charge in [0.25, 0.3) is 11.8 Å². The van der Waals surface area contributed by atoms with Gasteiger partial charge in [0.1, 0.15) is 5.70 Å². The maximum absolute atomic E-state index is 13.6. The zero-order chi connectivity index (χ0) is 31.8. The van der Waals surface area contributed by atoms with Crippen LogP contribution in [-0.2, 0) is 9.59 Å². The van der Waals surface area contributed by atoms with Crippen LogP contribution in [0.5, 0.6) is 0 Å². The Kier molecular flexibility index (Phi) is 9.76. The van der Waals surface area contributed by atoms with Crippen molar-refractivity contribution >= 4 is 63.8 Å². The fourth-order valence-electron chi connectivity index (χ4n) is 4.60. The Balaban J connectivity index is 1.33. The van der Waals surface area contributed by atoms with E-state index in [4.69, 9.17) is 0 Å². The minimum absolute atomic E-state index is 0.0565. The van der Waals surface area contributed by atoms with Gasteiger partial charge in [0, 0.05) is 44.5 Å². The first-order chi connectivity index (χ1) is 21.8. The number of thioether (sulfide) groups is 1. The maximum atomic E-state index is 13.6. The number of nitrogens with one attached hydrogen (secondary N) is 4. The number of aromatic amines is 1. The van der Waals surface area contributed by atoms with Gasteiger partial charge in [-0.3, -0.25) is 14.4 Å². The van der Waals surface area contributed by atoms with Crippen LogP contribution in [0.25, 0.3) is 17.0 Å². The molecule has 226 valence electrons. The summed E-state index contributed by atoms with van der Waals surface area (Å²) in [5, 5.41) is 18.1. The van der Waals surface area contributed by atoms with Crippen molar-refractivity contribution in [2.24, 2.45) is 0 Å². The topological polar surface area (TPSA) is 140 Å². The molecular weight excluding hydrogens is 588 g/mol. The number of para-hydroxylation sites is 1. The largest absolute Gasteiger partial charge is 0.478 e. The standard InChI is InChI=1S/C35H30N4O5S/c1-2-31(34(42)38-25-13-8-12-23(18-25)35(43)44)45-27-15-9-14-26(20-27)37-33(41)30(39-32(40)22-10-4-3-5-11-22)19-24-21-36-29-17-7-6-16-28(24)29/h3-21,31,36H,2H2,1H3,(H,37,41)(H,38,42)(H,39,40)(H,43,44)/b30-19-. The van der Waals surface area contributed by atoms with E-state index in [2.05, 4.69) is 20.9 Å². The van der Waals surface area contributed by atoms with E-state index in [1.54, 1.807) is 72.9 Å². The van der Waals surface area contributed by atoms with Crippen molar-refractivity contribution in [1.29, 1.82) is 0 Å². The predicted octanol–water partition coefficient (Wildman–Crippen LogP) is 6.79. The van der Waals surface area contributed by atoms with E-state index in [-0.39, 0.29) is 17.2 Å². The number of benzene rings is 4. The molecule has 10 heteroatoms. The van der Waals surface area contributed by atoms with Crippen LogP contribution < -0.4 is 16.0 Å². The van der Waals surface area contributed by atoms with E-state index in [9.17, 15) is 24.3 Å². The number of carboxylic acids is 1. The van der Waals surface area contributed by atoms with Crippen molar-refractivity contribution in [2.45, 2.75) is 23.5 Å². The molecule has 5 N–H and O–H groups in total. The van der Waals surface area contributed by atoms with Gasteiger partial charge in [0.15, 0.2) is 0 Å². The molecule has 0 aliphatic carbocycles. The summed E-state index contributed by atoms with van der Waals surface area (Å²) in [6.45, 7) is 1.88. The van der Waals surface area contributed by atoms with Gasteiger partial charge >= 0.3 is 5.97 Å². The minimum atomic E-state index is -1.08. The quantitative estimate of drug-likeness (QED) is 0.0816. The highest BCUT2D eigenvalue weighted by Crippen LogP contribution is 2.29. The molecule has 9 nitrogen and oxygen atoms in total. The Labute approximate surface area is 263 Å². The van der Waals surface area contributed by atoms with Gasteiger partial charge in [0.05, 0.1) is 10.8 Å². The number of rotatable bonds is 11. The molecule has 0 aliphatic rings. The van der Waals surface area contributed by atoms with E-state index in [1.807, 2.05) is 37.3 Å². The number of H-pyrrole nitrogens is 1. The molecule has 0 saturated carbocycles. The lowest BCUT2D eigenvalue weighted by Gasteiger charge is -2.16. The summed E-state index contributed by atoms with van der Waals surface area (Å²) in [5.74, 6) is -2.29. The van der Waals surface area contributed by atoms with Gasteiger partial charge in [-0.15, -0.1) is 11.8 Å². The first kappa shape index (κ1) is 30.8. The summed E-state index contributed by atoms with van der Waals surface area (Å²) in [5.41, 5.74) is 3.05. The fourth-order valence-corrected chi connectivity index (χ4v) is 5.61. The second-order valence-corrected chi connectivity index (χ2v) is 11.3. The molecule has 1 heterocycles. The third-order valence-electron chi connectivity index (χ3n) is 6.86. The highest BCUT2D eigenvalue weighted by atomic mass is 32.2. The van der Waals surface area contributed by atoms with Crippen LogP contribution in [0.3, 0.4) is 0 Å². The van der Waals surface area contributed by atoms with Gasteiger partial charge < -0.3 is 26.0 Å². The lowest BCUT2D eigenvalue weighted by atomic mass is 10.1. The first-order valence-electron chi connectivity index (χ1n) is 14.2. The van der Waals surface area contributed by atoms with Crippen LogP contribution in [0.15, 0.2) is 120 Å². The van der Waals surface area contributed by atoms with Crippen LogP contribution in [-0.4, -0.2) is 39.0 Å². The molecule has 1 atom stereocenters. The predicted molar refractivity (Wildman–Crippen MR) is 177 cm³/mol. The van der Waals surface area contributed by atoms with Crippen LogP contribution in [0.2, 0.25) is 0 Å². The Morgan fingerprint density at radius 1 is 0.822 bits per heavy atom. The molecular formula is C35H30N4O5S. The molecule has 1 unspecified atom stereocenters. The molecule has 0 fully saturated rings. The zero-order valence-corrected chi connectivity index (χ0v) is 25.1. The number of hydrogen-bond donors (Lipinski definition) is 5. The fraction of sp³-hybridized carbons (Fsp3) is 0.0857. The van der Waals surface area contributed by atoms with Crippen LogP contribution in [0, 0.1) is 0 Å². The molecule has 5 rings (SSSR count). The summed E-state index contributed by atoms with van der Waals surface area (Å²) < 4.78 is 0. The van der Waals surface area contributed by atoms with Crippen LogP contribution in [0.4, 0.5) is 11.4 Å². The third kappa shape index (κ3) is 7.87. The zero-order valence-electron chi connectivity index (χ0n) is 24.2. The van der Waals surface area contributed by atoms with E-state index < -0.39 is 23.0 Å². The number of hydrogen-bond acceptors (Lipinski definition) is 5. The van der Waals surface area contributed by atoms with Crippen molar-refractivity contribution in [2.75, 3.05) is 10.6 Å². The molecule has 4 aromatic carbocycles. The van der Waals surface area contributed by atoms with E-state index >= 15 is 0 Å². The van der Waals surface area contributed by atoms with Gasteiger partial charge in [-0.1, -0.05) is 55.5 Å². The Bertz CT molecular complexity index is 1900. The van der Waals surface area contributed by atoms with E-state index in [1.165, 1.54) is 23.9 Å². The lowest BCUT2D eigenvalue weighted by Crippen LogP contribution is -2.30. The molecule has 0 radical (unpaired) electrons. The number of fused-ring (bicyclic) bond motifs is 1. The monoisotopic (exact) mass is 618 g/mol. The van der Waals surface area contributed by atoms with Crippen molar-refractivity contribution < 1.29 is 24.3 Å². The molecule has 0 saturated heterocycles. The molecule has 1 aromatic heterocycles. The highest BCUT2D eigenvalue weighted by Gasteiger charge is 2.20. The number of anilines is 2. The molecule has 0 spiro atoms. The van der Waals surface area contributed by atoms with Crippen molar-refractivity contribution in [1.82, 2.24) is 10.3 Å². The summed E-state index contributed by atoms with van der Waals surface area (Å²) in [7, 11) is 0. The number of aromatic nitrogens is 1. The smallest absolute Gasteiger partial charge is 0.335 e. The lowest BCUT2D eigenvalue weighted by molar-refractivity contribution is -0.116. The maximum Gasteiger partial charge on any atom is 0.335 e. The summed E-state index contributed by atoms with van der Waals surface area (Å²) >= 11 is 1.32. The Hall–Kier alpha value is -5.61. The van der Waals surface area contributed by atoms with Gasteiger partial charge in [-0.05, 0) is 67.1 Å². The second kappa shape index (κ2) is 14.2. The number of amides is 3. The molecule has 0 bridgehead atoms. The average Bonchev–Trinajstić information content (AvgIpc) is 3.46. The van der Waals surface area contributed by atoms with E-state index in [0.29, 0.717) is 23.4 Å². The number of carboxylic acid groups (broad SMARTS) is 1. The van der Waals surface area contributed by atoms with E-state index in [0.717, 1.165) is 21.4 Å². The van der Waals surface area contributed by atoms with Crippen molar-refractivity contribution in [3.63, 3.8) is 0 Å². The summed E-state index contributed by atoms with van der Waals surface area (Å²) in [6, 6.07) is 29.5. The SMILES string of the molecule is CCC(Sc1cccc(NC(=O)/C(=C/c2c[nH]c3ccccc23)NC(=O)c2ccccc2)c1)C(=O)Nc1cccc(C(=O)O)c1. The minimum Gasteiger partial charge on any atom is -0.478 e. The highest BCUT2D eigenvalue weighted by molar-refractivity contribution is 8.00. The first-order valence-corrected chi connectivity index (χ1v) is 15.0.